The fraction of sp³-hybridized carbons (Fsp3) is 0.241. The number of aromatic nitrogens is 1. The summed E-state index contributed by atoms with van der Waals surface area (Å²) in [5.74, 6) is -1.28. The molecule has 0 aliphatic heterocycles. The number of amides is 2. The Morgan fingerprint density at radius 1 is 1.05 bits per heavy atom. The van der Waals surface area contributed by atoms with Crippen LogP contribution in [0, 0.1) is 15.9 Å². The molecule has 0 spiro atoms. The first-order chi connectivity index (χ1) is 19.3. The number of para-hydroxylation sites is 1. The Balaban J connectivity index is 1.57. The monoisotopic (exact) mass is 566 g/mol. The lowest BCUT2D eigenvalue weighted by Crippen LogP contribution is -2.44. The van der Waals surface area contributed by atoms with Crippen molar-refractivity contribution in [2.75, 3.05) is 33.4 Å². The second-order valence-electron chi connectivity index (χ2n) is 9.19. The molecule has 9 nitrogen and oxygen atoms in total. The van der Waals surface area contributed by atoms with Gasteiger partial charge in [-0.05, 0) is 47.9 Å². The number of aromatic amines is 1. The first-order valence-electron chi connectivity index (χ1n) is 12.6. The van der Waals surface area contributed by atoms with Gasteiger partial charge in [-0.3, -0.25) is 19.7 Å². The van der Waals surface area contributed by atoms with Gasteiger partial charge >= 0.3 is 0 Å². The fourth-order valence-electron chi connectivity index (χ4n) is 4.38. The average Bonchev–Trinajstić information content (AvgIpc) is 3.37. The molecular formula is C29H28ClFN4O5. The Bertz CT molecular complexity index is 1510. The number of fused-ring (bicyclic) bond motifs is 1. The molecule has 0 atom stereocenters. The van der Waals surface area contributed by atoms with E-state index in [-0.39, 0.29) is 48.6 Å². The van der Waals surface area contributed by atoms with Crippen molar-refractivity contribution in [3.8, 4) is 0 Å². The standard InChI is InChI=1S/C29H28ClFN4O5/c1-40-15-14-34(29(37)21-8-11-25(30)27(16-21)35(38)39)19-28(36)33(18-20-6-9-23(31)10-7-20)13-12-22-17-32-26-5-3-2-4-24(22)26/h2-11,16-17,32H,12-15,18-19H2,1H3. The average molecular weight is 567 g/mol. The molecule has 0 fully saturated rings. The Labute approximate surface area is 235 Å². The third-order valence-corrected chi connectivity index (χ3v) is 6.85. The number of benzene rings is 3. The minimum Gasteiger partial charge on any atom is -0.383 e. The molecule has 0 bridgehead atoms. The van der Waals surface area contributed by atoms with E-state index in [1.807, 2.05) is 30.5 Å². The van der Waals surface area contributed by atoms with Gasteiger partial charge in [0, 0.05) is 55.5 Å². The summed E-state index contributed by atoms with van der Waals surface area (Å²) in [4.78, 5) is 43.8. The van der Waals surface area contributed by atoms with Crippen LogP contribution in [0.15, 0.2) is 72.9 Å². The van der Waals surface area contributed by atoms with Crippen LogP contribution >= 0.6 is 11.6 Å². The van der Waals surface area contributed by atoms with Crippen LogP contribution in [0.25, 0.3) is 10.9 Å². The van der Waals surface area contributed by atoms with Gasteiger partial charge in [0.2, 0.25) is 5.91 Å². The minimum atomic E-state index is -0.668. The van der Waals surface area contributed by atoms with Crippen LogP contribution in [0.1, 0.15) is 21.5 Å². The summed E-state index contributed by atoms with van der Waals surface area (Å²) >= 11 is 5.91. The van der Waals surface area contributed by atoms with Gasteiger partial charge in [-0.15, -0.1) is 0 Å². The number of carbonyl (C=O) groups excluding carboxylic acids is 2. The lowest BCUT2D eigenvalue weighted by molar-refractivity contribution is -0.384. The number of rotatable bonds is 12. The summed E-state index contributed by atoms with van der Waals surface area (Å²) in [7, 11) is 1.47. The maximum atomic E-state index is 13.7. The highest BCUT2D eigenvalue weighted by Crippen LogP contribution is 2.26. The molecule has 4 rings (SSSR count). The van der Waals surface area contributed by atoms with E-state index in [9.17, 15) is 24.1 Å². The predicted molar refractivity (Wildman–Crippen MR) is 150 cm³/mol. The van der Waals surface area contributed by atoms with Gasteiger partial charge < -0.3 is 19.5 Å². The first kappa shape index (κ1) is 28.7. The zero-order valence-corrected chi connectivity index (χ0v) is 22.6. The molecule has 0 saturated heterocycles. The first-order valence-corrected chi connectivity index (χ1v) is 12.9. The molecule has 0 radical (unpaired) electrons. The van der Waals surface area contributed by atoms with Crippen molar-refractivity contribution in [2.45, 2.75) is 13.0 Å². The molecule has 1 aromatic heterocycles. The molecule has 11 heteroatoms. The van der Waals surface area contributed by atoms with Crippen molar-refractivity contribution in [1.29, 1.82) is 0 Å². The van der Waals surface area contributed by atoms with E-state index in [4.69, 9.17) is 16.3 Å². The van der Waals surface area contributed by atoms with Crippen LogP contribution in [-0.2, 0) is 22.5 Å². The summed E-state index contributed by atoms with van der Waals surface area (Å²) in [6.45, 7) is 0.511. The lowest BCUT2D eigenvalue weighted by Gasteiger charge is -2.28. The van der Waals surface area contributed by atoms with Crippen molar-refractivity contribution >= 4 is 40.0 Å². The minimum absolute atomic E-state index is 0.0314. The van der Waals surface area contributed by atoms with E-state index in [2.05, 4.69) is 4.98 Å². The third-order valence-electron chi connectivity index (χ3n) is 6.53. The second-order valence-corrected chi connectivity index (χ2v) is 9.60. The molecule has 3 aromatic carbocycles. The quantitative estimate of drug-likeness (QED) is 0.187. The van der Waals surface area contributed by atoms with Gasteiger partial charge in [-0.1, -0.05) is 41.9 Å². The summed E-state index contributed by atoms with van der Waals surface area (Å²) in [6.07, 6.45) is 2.46. The van der Waals surface area contributed by atoms with E-state index in [1.165, 1.54) is 36.3 Å². The van der Waals surface area contributed by atoms with Crippen molar-refractivity contribution < 1.29 is 23.6 Å². The SMILES string of the molecule is COCCN(CC(=O)N(CCc1c[nH]c2ccccc12)Cc1ccc(F)cc1)C(=O)c1ccc(Cl)c([N+](=O)[O-])c1. The van der Waals surface area contributed by atoms with Crippen LogP contribution in [0.3, 0.4) is 0 Å². The van der Waals surface area contributed by atoms with Gasteiger partial charge in [0.15, 0.2) is 0 Å². The van der Waals surface area contributed by atoms with E-state index in [1.54, 1.807) is 17.0 Å². The van der Waals surface area contributed by atoms with E-state index >= 15 is 0 Å². The van der Waals surface area contributed by atoms with Gasteiger partial charge in [0.05, 0.1) is 11.5 Å². The molecule has 0 saturated carbocycles. The molecule has 1 N–H and O–H groups in total. The zero-order chi connectivity index (χ0) is 28.6. The maximum Gasteiger partial charge on any atom is 0.288 e. The number of H-pyrrole nitrogens is 1. The molecular weight excluding hydrogens is 539 g/mol. The van der Waals surface area contributed by atoms with Crippen LogP contribution in [0.5, 0.6) is 0 Å². The third kappa shape index (κ3) is 7.02. The smallest absolute Gasteiger partial charge is 0.288 e. The number of hydrogen-bond acceptors (Lipinski definition) is 5. The van der Waals surface area contributed by atoms with Gasteiger partial charge in [0.25, 0.3) is 11.6 Å². The molecule has 208 valence electrons. The summed E-state index contributed by atoms with van der Waals surface area (Å²) in [6, 6.07) is 17.5. The maximum absolute atomic E-state index is 13.7. The van der Waals surface area contributed by atoms with Crippen molar-refractivity contribution in [1.82, 2.24) is 14.8 Å². The molecule has 2 amide bonds. The topological polar surface area (TPSA) is 109 Å². The summed E-state index contributed by atoms with van der Waals surface area (Å²) in [5.41, 5.74) is 2.39. The number of methoxy groups -OCH3 is 1. The number of halogens is 2. The number of nitrogens with one attached hydrogen (secondary N) is 1. The molecule has 4 aromatic rings. The Morgan fingerprint density at radius 2 is 1.80 bits per heavy atom. The predicted octanol–water partition coefficient (Wildman–Crippen LogP) is 5.23. The van der Waals surface area contributed by atoms with Crippen LogP contribution in [0.4, 0.5) is 10.1 Å². The van der Waals surface area contributed by atoms with Crippen LogP contribution < -0.4 is 0 Å². The van der Waals surface area contributed by atoms with Crippen LogP contribution in [0.2, 0.25) is 5.02 Å². The molecule has 0 unspecified atom stereocenters. The fourth-order valence-corrected chi connectivity index (χ4v) is 4.57. The van der Waals surface area contributed by atoms with Crippen molar-refractivity contribution in [3.63, 3.8) is 0 Å². The van der Waals surface area contributed by atoms with Crippen molar-refractivity contribution in [3.05, 3.63) is 111 Å². The number of carbonyl (C=O) groups is 2. The summed E-state index contributed by atoms with van der Waals surface area (Å²) < 4.78 is 18.7. The van der Waals surface area contributed by atoms with Crippen molar-refractivity contribution in [2.24, 2.45) is 0 Å². The Hall–Kier alpha value is -4.28. The molecule has 0 aliphatic carbocycles. The number of nitrogens with zero attached hydrogens (tertiary/aromatic N) is 3. The largest absolute Gasteiger partial charge is 0.383 e. The number of hydrogen-bond donors (Lipinski definition) is 1. The van der Waals surface area contributed by atoms with E-state index < -0.39 is 16.5 Å². The molecule has 40 heavy (non-hydrogen) atoms. The summed E-state index contributed by atoms with van der Waals surface area (Å²) in [5, 5.41) is 12.3. The van der Waals surface area contributed by atoms with E-state index in [0.717, 1.165) is 28.1 Å². The van der Waals surface area contributed by atoms with Gasteiger partial charge in [-0.2, -0.15) is 0 Å². The highest BCUT2D eigenvalue weighted by molar-refractivity contribution is 6.32. The highest BCUT2D eigenvalue weighted by Gasteiger charge is 2.25. The molecule has 0 aliphatic rings. The molecule has 1 heterocycles. The zero-order valence-electron chi connectivity index (χ0n) is 21.8. The van der Waals surface area contributed by atoms with Gasteiger partial charge in [0.1, 0.15) is 17.4 Å². The number of nitro groups is 1. The highest BCUT2D eigenvalue weighted by atomic mass is 35.5. The lowest BCUT2D eigenvalue weighted by atomic mass is 10.1. The van der Waals surface area contributed by atoms with Gasteiger partial charge in [-0.25, -0.2) is 4.39 Å². The number of ether oxygens (including phenoxy) is 1. The normalized spacial score (nSPS) is 11.0. The number of nitro benzene ring substituents is 1. The Kier molecular flexibility index (Phi) is 9.47. The Morgan fingerprint density at radius 3 is 2.52 bits per heavy atom. The van der Waals surface area contributed by atoms with E-state index in [0.29, 0.717) is 13.0 Å². The second kappa shape index (κ2) is 13.2. The van der Waals surface area contributed by atoms with Crippen LogP contribution in [-0.4, -0.2) is 64.9 Å².